The number of Topliss-reactive ketones (excluding diaryl/α,β-unsaturated/α-hetero) is 1. The van der Waals surface area contributed by atoms with Crippen LogP contribution in [0.2, 0.25) is 0 Å². The quantitative estimate of drug-likeness (QED) is 0.461. The van der Waals surface area contributed by atoms with E-state index >= 15 is 0 Å². The first-order valence-corrected chi connectivity index (χ1v) is 12.1. The van der Waals surface area contributed by atoms with Gasteiger partial charge in [-0.15, -0.1) is 0 Å². The molecule has 1 heterocycles. The Hall–Kier alpha value is -4.30. The number of nitrogens with zero attached hydrogens (tertiary/aromatic N) is 1. The number of rotatable bonds is 6. The number of hydrogen-bond acceptors (Lipinski definition) is 5. The molecule has 5 heteroatoms. The highest BCUT2D eigenvalue weighted by Gasteiger charge is 2.38. The van der Waals surface area contributed by atoms with Gasteiger partial charge in [0, 0.05) is 23.4 Å². The van der Waals surface area contributed by atoms with Gasteiger partial charge in [-0.2, -0.15) is 5.26 Å². The maximum atomic E-state index is 13.5. The number of nitriles is 1. The van der Waals surface area contributed by atoms with Crippen molar-refractivity contribution in [2.45, 2.75) is 38.2 Å². The van der Waals surface area contributed by atoms with Crippen molar-refractivity contribution in [1.82, 2.24) is 5.32 Å². The van der Waals surface area contributed by atoms with Gasteiger partial charge in [-0.1, -0.05) is 54.6 Å². The van der Waals surface area contributed by atoms with Gasteiger partial charge >= 0.3 is 0 Å². The maximum Gasteiger partial charge on any atom is 0.162 e. The van der Waals surface area contributed by atoms with Crippen LogP contribution >= 0.6 is 0 Å². The van der Waals surface area contributed by atoms with Crippen molar-refractivity contribution in [2.75, 3.05) is 7.11 Å². The number of hydrogen-bond donors (Lipinski definition) is 1. The number of nitrogens with one attached hydrogen (secondary N) is 1. The van der Waals surface area contributed by atoms with E-state index in [9.17, 15) is 10.1 Å². The SMILES string of the molecule is COc1ccc([C@@H]2CC(=O)C3=C(C2)NC(C)=C(C#N)[C@H]3c2ccc(OCc3ccccc3)cc2)cc1. The highest BCUT2D eigenvalue weighted by molar-refractivity contribution is 6.00. The third-order valence-corrected chi connectivity index (χ3v) is 7.00. The summed E-state index contributed by atoms with van der Waals surface area (Å²) in [6.45, 7) is 2.39. The molecule has 0 fully saturated rings. The van der Waals surface area contributed by atoms with E-state index < -0.39 is 0 Å². The van der Waals surface area contributed by atoms with E-state index in [2.05, 4.69) is 11.4 Å². The third kappa shape index (κ3) is 4.63. The second-order valence-electron chi connectivity index (χ2n) is 9.25. The molecule has 5 nitrogen and oxygen atoms in total. The number of carbonyl (C=O) groups excluding carboxylic acids is 1. The van der Waals surface area contributed by atoms with Crippen molar-refractivity contribution >= 4 is 5.78 Å². The minimum Gasteiger partial charge on any atom is -0.497 e. The molecule has 36 heavy (non-hydrogen) atoms. The van der Waals surface area contributed by atoms with Crippen LogP contribution in [-0.2, 0) is 11.4 Å². The second kappa shape index (κ2) is 10.1. The van der Waals surface area contributed by atoms with Crippen LogP contribution in [0.5, 0.6) is 11.5 Å². The van der Waals surface area contributed by atoms with Crippen molar-refractivity contribution in [3.05, 3.63) is 118 Å². The Morgan fingerprint density at radius 3 is 2.25 bits per heavy atom. The normalized spacial score (nSPS) is 19.3. The molecule has 3 aromatic rings. The van der Waals surface area contributed by atoms with Crippen LogP contribution in [0, 0.1) is 11.3 Å². The standard InChI is InChI=1S/C31H28N2O3/c1-20-27(18-32)30(23-10-14-26(15-11-23)36-19-21-6-4-3-5-7-21)31-28(33-20)16-24(17-29(31)34)22-8-12-25(35-2)13-9-22/h3-15,24,30,33H,16-17,19H2,1-2H3/t24-,30+/m0/s1. The summed E-state index contributed by atoms with van der Waals surface area (Å²) in [6, 6.07) is 28.1. The molecular weight excluding hydrogens is 448 g/mol. The molecule has 180 valence electrons. The lowest BCUT2D eigenvalue weighted by Crippen LogP contribution is -2.33. The molecule has 0 unspecified atom stereocenters. The lowest BCUT2D eigenvalue weighted by Gasteiger charge is -2.35. The molecule has 1 N–H and O–H groups in total. The number of ketones is 1. The molecule has 1 aliphatic carbocycles. The molecule has 0 radical (unpaired) electrons. The Kier molecular flexibility index (Phi) is 6.60. The molecule has 5 rings (SSSR count). The Morgan fingerprint density at radius 2 is 1.58 bits per heavy atom. The van der Waals surface area contributed by atoms with Crippen molar-refractivity contribution < 1.29 is 14.3 Å². The van der Waals surface area contributed by atoms with Gasteiger partial charge in [-0.25, -0.2) is 0 Å². The van der Waals surface area contributed by atoms with Gasteiger partial charge in [-0.05, 0) is 60.2 Å². The predicted molar refractivity (Wildman–Crippen MR) is 138 cm³/mol. The fourth-order valence-corrected chi connectivity index (χ4v) is 5.13. The molecule has 1 aliphatic heterocycles. The van der Waals surface area contributed by atoms with E-state index in [0.717, 1.165) is 46.0 Å². The minimum atomic E-state index is -0.376. The summed E-state index contributed by atoms with van der Waals surface area (Å²) < 4.78 is 11.2. The van der Waals surface area contributed by atoms with Crippen LogP contribution in [0.1, 0.15) is 48.3 Å². The number of benzene rings is 3. The average Bonchev–Trinajstić information content (AvgIpc) is 2.92. The van der Waals surface area contributed by atoms with Gasteiger partial charge in [0.1, 0.15) is 18.1 Å². The van der Waals surface area contributed by atoms with Gasteiger partial charge in [0.05, 0.1) is 24.7 Å². The fraction of sp³-hybridized carbons (Fsp3) is 0.226. The molecule has 0 bridgehead atoms. The predicted octanol–water partition coefficient (Wildman–Crippen LogP) is 6.16. The van der Waals surface area contributed by atoms with Gasteiger partial charge in [0.2, 0.25) is 0 Å². The Bertz CT molecular complexity index is 1360. The molecular formula is C31H28N2O3. The van der Waals surface area contributed by atoms with E-state index in [-0.39, 0.29) is 17.6 Å². The molecule has 2 atom stereocenters. The zero-order valence-electron chi connectivity index (χ0n) is 20.5. The summed E-state index contributed by atoms with van der Waals surface area (Å²) in [5.41, 5.74) is 6.14. The molecule has 0 saturated carbocycles. The Labute approximate surface area is 211 Å². The average molecular weight is 477 g/mol. The second-order valence-corrected chi connectivity index (χ2v) is 9.25. The van der Waals surface area contributed by atoms with E-state index in [4.69, 9.17) is 9.47 Å². The first kappa shape index (κ1) is 23.4. The Morgan fingerprint density at radius 1 is 0.917 bits per heavy atom. The molecule has 2 aliphatic rings. The van der Waals surface area contributed by atoms with Crippen LogP contribution in [-0.4, -0.2) is 12.9 Å². The first-order chi connectivity index (χ1) is 17.6. The third-order valence-electron chi connectivity index (χ3n) is 7.00. The van der Waals surface area contributed by atoms with Crippen molar-refractivity contribution in [1.29, 1.82) is 5.26 Å². The summed E-state index contributed by atoms with van der Waals surface area (Å²) in [7, 11) is 1.64. The van der Waals surface area contributed by atoms with Crippen LogP contribution < -0.4 is 14.8 Å². The number of methoxy groups -OCH3 is 1. The zero-order valence-corrected chi connectivity index (χ0v) is 20.5. The minimum absolute atomic E-state index is 0.0826. The highest BCUT2D eigenvalue weighted by Crippen LogP contribution is 2.45. The van der Waals surface area contributed by atoms with Crippen molar-refractivity contribution in [2.24, 2.45) is 0 Å². The summed E-state index contributed by atoms with van der Waals surface area (Å²) in [5.74, 6) is 1.34. The summed E-state index contributed by atoms with van der Waals surface area (Å²) in [4.78, 5) is 13.5. The number of dihydropyridines is 1. The fourth-order valence-electron chi connectivity index (χ4n) is 5.13. The van der Waals surface area contributed by atoms with Gasteiger partial charge < -0.3 is 14.8 Å². The monoisotopic (exact) mass is 476 g/mol. The number of allylic oxidation sites excluding steroid dienone is 4. The summed E-state index contributed by atoms with van der Waals surface area (Å²) in [5, 5.41) is 13.4. The summed E-state index contributed by atoms with van der Waals surface area (Å²) in [6.07, 6.45) is 1.14. The van der Waals surface area contributed by atoms with Gasteiger partial charge in [-0.3, -0.25) is 4.79 Å². The first-order valence-electron chi connectivity index (χ1n) is 12.1. The zero-order chi connectivity index (χ0) is 25.1. The van der Waals surface area contributed by atoms with E-state index in [1.165, 1.54) is 0 Å². The van der Waals surface area contributed by atoms with E-state index in [0.29, 0.717) is 24.2 Å². The number of ether oxygens (including phenoxy) is 2. The van der Waals surface area contributed by atoms with E-state index in [1.54, 1.807) is 7.11 Å². The molecule has 3 aromatic carbocycles. The smallest absolute Gasteiger partial charge is 0.162 e. The van der Waals surface area contributed by atoms with Crippen molar-refractivity contribution in [3.63, 3.8) is 0 Å². The van der Waals surface area contributed by atoms with Crippen LogP contribution in [0.3, 0.4) is 0 Å². The lowest BCUT2D eigenvalue weighted by molar-refractivity contribution is -0.116. The molecule has 0 aromatic heterocycles. The van der Waals surface area contributed by atoms with Crippen LogP contribution in [0.25, 0.3) is 0 Å². The summed E-state index contributed by atoms with van der Waals surface area (Å²) >= 11 is 0. The number of carbonyl (C=O) groups is 1. The highest BCUT2D eigenvalue weighted by atomic mass is 16.5. The lowest BCUT2D eigenvalue weighted by atomic mass is 9.72. The largest absolute Gasteiger partial charge is 0.497 e. The Balaban J connectivity index is 1.41. The van der Waals surface area contributed by atoms with Crippen LogP contribution in [0.15, 0.2) is 101 Å². The molecule has 0 spiro atoms. The van der Waals surface area contributed by atoms with Crippen LogP contribution in [0.4, 0.5) is 0 Å². The van der Waals surface area contributed by atoms with Gasteiger partial charge in [0.25, 0.3) is 0 Å². The van der Waals surface area contributed by atoms with Gasteiger partial charge in [0.15, 0.2) is 5.78 Å². The van der Waals surface area contributed by atoms with Crippen molar-refractivity contribution in [3.8, 4) is 17.6 Å². The molecule has 0 saturated heterocycles. The maximum absolute atomic E-state index is 13.5. The molecule has 0 amide bonds. The topological polar surface area (TPSA) is 71.3 Å². The van der Waals surface area contributed by atoms with E-state index in [1.807, 2.05) is 85.8 Å².